The Bertz CT molecular complexity index is 1360. The average Bonchev–Trinajstić information content (AvgIpc) is 3.30. The predicted molar refractivity (Wildman–Crippen MR) is 120 cm³/mol. The molecule has 2 aromatic carbocycles. The van der Waals surface area contributed by atoms with Crippen molar-refractivity contribution in [3.8, 4) is 17.2 Å². The quantitative estimate of drug-likeness (QED) is 0.363. The van der Waals surface area contributed by atoms with E-state index in [9.17, 15) is 23.1 Å². The lowest BCUT2D eigenvalue weighted by atomic mass is 10.1. The third kappa shape index (κ3) is 4.96. The summed E-state index contributed by atoms with van der Waals surface area (Å²) in [7, 11) is 1.32. The summed E-state index contributed by atoms with van der Waals surface area (Å²) in [6, 6.07) is 13.9. The Morgan fingerprint density at radius 2 is 1.89 bits per heavy atom. The van der Waals surface area contributed by atoms with E-state index in [1.807, 2.05) is 6.07 Å². The van der Waals surface area contributed by atoms with E-state index in [0.29, 0.717) is 11.1 Å². The average molecular weight is 486 g/mol. The molecule has 0 aliphatic carbocycles. The molecule has 182 valence electrons. The molecule has 0 spiro atoms. The van der Waals surface area contributed by atoms with Gasteiger partial charge in [-0.2, -0.15) is 13.2 Å². The van der Waals surface area contributed by atoms with Crippen LogP contribution in [0.2, 0.25) is 0 Å². The largest absolute Gasteiger partial charge is 0.494 e. The lowest BCUT2D eigenvalue weighted by Crippen LogP contribution is -2.29. The molecule has 2 heterocycles. The van der Waals surface area contributed by atoms with Crippen LogP contribution in [0.1, 0.15) is 33.6 Å². The summed E-state index contributed by atoms with van der Waals surface area (Å²) < 4.78 is 50.4. The van der Waals surface area contributed by atoms with E-state index in [0.717, 1.165) is 6.07 Å². The van der Waals surface area contributed by atoms with Gasteiger partial charge in [-0.15, -0.1) is 0 Å². The second-order valence-electron chi connectivity index (χ2n) is 7.54. The Morgan fingerprint density at radius 1 is 1.14 bits per heavy atom. The second-order valence-corrected chi connectivity index (χ2v) is 7.54. The van der Waals surface area contributed by atoms with Gasteiger partial charge in [-0.25, -0.2) is 9.97 Å². The van der Waals surface area contributed by atoms with Crippen molar-refractivity contribution in [3.63, 3.8) is 0 Å². The molecule has 0 aliphatic heterocycles. The molecule has 11 heteroatoms. The number of nitrogens with two attached hydrogens (primary N) is 1. The van der Waals surface area contributed by atoms with Gasteiger partial charge in [0.15, 0.2) is 11.5 Å². The maximum absolute atomic E-state index is 13.2. The zero-order valence-corrected chi connectivity index (χ0v) is 18.5. The number of benzene rings is 2. The first-order chi connectivity index (χ1) is 16.7. The second kappa shape index (κ2) is 9.72. The van der Waals surface area contributed by atoms with Crippen LogP contribution in [-0.2, 0) is 12.7 Å². The number of aliphatic hydroxyl groups excluding tert-OH is 1. The van der Waals surface area contributed by atoms with Crippen molar-refractivity contribution in [2.45, 2.75) is 18.8 Å². The number of amides is 1. The minimum Gasteiger partial charge on any atom is -0.494 e. The number of aromatic nitrogens is 2. The molecule has 0 aliphatic rings. The number of ether oxygens (including phenoxy) is 1. The highest BCUT2D eigenvalue weighted by Crippen LogP contribution is 2.36. The number of hydrogen-bond donors (Lipinski definition) is 3. The van der Waals surface area contributed by atoms with E-state index in [1.54, 1.807) is 30.3 Å². The van der Waals surface area contributed by atoms with Gasteiger partial charge < -0.3 is 25.3 Å². The van der Waals surface area contributed by atoms with Crippen LogP contribution < -0.4 is 15.8 Å². The van der Waals surface area contributed by atoms with Crippen LogP contribution in [0.5, 0.6) is 5.75 Å². The van der Waals surface area contributed by atoms with Crippen LogP contribution in [0.25, 0.3) is 22.4 Å². The number of aliphatic hydroxyl groups is 1. The van der Waals surface area contributed by atoms with Crippen LogP contribution in [0.4, 0.5) is 13.2 Å². The van der Waals surface area contributed by atoms with Crippen molar-refractivity contribution in [2.75, 3.05) is 13.7 Å². The maximum Gasteiger partial charge on any atom is 0.433 e. The molecule has 0 fully saturated rings. The number of carbonyl (C=O) groups is 1. The summed E-state index contributed by atoms with van der Waals surface area (Å²) in [6.07, 6.45) is -5.58. The zero-order valence-electron chi connectivity index (χ0n) is 18.5. The third-order valence-electron chi connectivity index (χ3n) is 5.30. The Balaban J connectivity index is 1.67. The molecule has 4 N–H and O–H groups in total. The van der Waals surface area contributed by atoms with Crippen molar-refractivity contribution in [1.82, 2.24) is 15.3 Å². The smallest absolute Gasteiger partial charge is 0.433 e. The van der Waals surface area contributed by atoms with Crippen LogP contribution in [0.15, 0.2) is 59.0 Å². The summed E-state index contributed by atoms with van der Waals surface area (Å²) in [4.78, 5) is 20.7. The number of rotatable bonds is 7. The van der Waals surface area contributed by atoms with Gasteiger partial charge in [0.05, 0.1) is 19.8 Å². The summed E-state index contributed by atoms with van der Waals surface area (Å²) in [6.45, 7) is -0.230. The number of methoxy groups -OCH3 is 1. The van der Waals surface area contributed by atoms with E-state index in [2.05, 4.69) is 15.3 Å². The van der Waals surface area contributed by atoms with Gasteiger partial charge in [-0.3, -0.25) is 4.79 Å². The van der Waals surface area contributed by atoms with Gasteiger partial charge in [-0.05, 0) is 29.8 Å². The molecule has 0 saturated heterocycles. The molecule has 35 heavy (non-hydrogen) atoms. The van der Waals surface area contributed by atoms with E-state index >= 15 is 0 Å². The normalized spacial score (nSPS) is 12.5. The van der Waals surface area contributed by atoms with Crippen molar-refractivity contribution < 1.29 is 32.2 Å². The van der Waals surface area contributed by atoms with Crippen molar-refractivity contribution in [1.29, 1.82) is 0 Å². The number of nitrogens with one attached hydrogen (secondary N) is 1. The van der Waals surface area contributed by atoms with Gasteiger partial charge in [0, 0.05) is 17.5 Å². The highest BCUT2D eigenvalue weighted by atomic mass is 19.4. The topological polar surface area (TPSA) is 124 Å². The molecule has 2 aromatic heterocycles. The van der Waals surface area contributed by atoms with E-state index in [-0.39, 0.29) is 47.1 Å². The van der Waals surface area contributed by atoms with Crippen molar-refractivity contribution in [3.05, 3.63) is 77.3 Å². The molecule has 8 nitrogen and oxygen atoms in total. The van der Waals surface area contributed by atoms with Crippen LogP contribution in [-0.4, -0.2) is 34.6 Å². The van der Waals surface area contributed by atoms with E-state index in [1.165, 1.54) is 19.2 Å². The highest BCUT2D eigenvalue weighted by molar-refractivity contribution is 5.98. The molecule has 0 saturated carbocycles. The first kappa shape index (κ1) is 24.2. The number of fused-ring (bicyclic) bond motifs is 1. The first-order valence-corrected chi connectivity index (χ1v) is 10.5. The predicted octanol–water partition coefficient (Wildman–Crippen LogP) is 3.84. The summed E-state index contributed by atoms with van der Waals surface area (Å²) in [5.74, 6) is -0.428. The lowest BCUT2D eigenvalue weighted by molar-refractivity contribution is -0.140. The van der Waals surface area contributed by atoms with Crippen LogP contribution in [0.3, 0.4) is 0 Å². The molecule has 1 amide bonds. The molecule has 4 rings (SSSR count). The number of halogens is 3. The third-order valence-corrected chi connectivity index (χ3v) is 5.30. The Morgan fingerprint density at radius 3 is 2.54 bits per heavy atom. The Labute approximate surface area is 197 Å². The number of nitrogens with zero attached hydrogens (tertiary/aromatic N) is 2. The van der Waals surface area contributed by atoms with Crippen molar-refractivity contribution >= 4 is 16.8 Å². The summed E-state index contributed by atoms with van der Waals surface area (Å²) in [5, 5.41) is 13.2. The molecule has 0 bridgehead atoms. The van der Waals surface area contributed by atoms with Gasteiger partial charge >= 0.3 is 6.18 Å². The minimum atomic E-state index is -4.64. The number of pyridine rings is 1. The minimum absolute atomic E-state index is 0.0200. The molecule has 1 unspecified atom stereocenters. The zero-order chi connectivity index (χ0) is 25.2. The van der Waals surface area contributed by atoms with Gasteiger partial charge in [-0.1, -0.05) is 30.3 Å². The van der Waals surface area contributed by atoms with Gasteiger partial charge in [0.2, 0.25) is 5.89 Å². The van der Waals surface area contributed by atoms with Gasteiger partial charge in [0.25, 0.3) is 5.91 Å². The van der Waals surface area contributed by atoms with E-state index < -0.39 is 23.9 Å². The number of alkyl halides is 3. The molecular weight excluding hydrogens is 465 g/mol. The Hall–Kier alpha value is -3.96. The van der Waals surface area contributed by atoms with Crippen LogP contribution in [0, 0.1) is 0 Å². The standard InChI is InChI=1S/C24H21F3N4O4/c1-34-17-9-7-15(14-8-10-19(24(25,26)27)30-20(14)17)23-31-21(18(11-28)35-23)22(33)29-12-16(32)13-5-3-2-4-6-13/h2-10,16,32H,11-12,28H2,1H3,(H,29,33). The maximum atomic E-state index is 13.2. The number of oxazole rings is 1. The highest BCUT2D eigenvalue weighted by Gasteiger charge is 2.33. The van der Waals surface area contributed by atoms with Crippen molar-refractivity contribution in [2.24, 2.45) is 5.73 Å². The van der Waals surface area contributed by atoms with Gasteiger partial charge in [0.1, 0.15) is 17.0 Å². The molecular formula is C24H21F3N4O4. The van der Waals surface area contributed by atoms with Crippen LogP contribution >= 0.6 is 0 Å². The summed E-state index contributed by atoms with van der Waals surface area (Å²) >= 11 is 0. The monoisotopic (exact) mass is 486 g/mol. The summed E-state index contributed by atoms with van der Waals surface area (Å²) in [5.41, 5.74) is 5.46. The fourth-order valence-electron chi connectivity index (χ4n) is 3.55. The molecule has 1 atom stereocenters. The van der Waals surface area contributed by atoms with E-state index in [4.69, 9.17) is 14.9 Å². The first-order valence-electron chi connectivity index (χ1n) is 10.5. The fourth-order valence-corrected chi connectivity index (χ4v) is 3.55. The SMILES string of the molecule is COc1ccc(-c2nc(C(=O)NCC(O)c3ccccc3)c(CN)o2)c2ccc(C(F)(F)F)nc12. The fraction of sp³-hybridized carbons (Fsp3) is 0.208. The number of hydrogen-bond acceptors (Lipinski definition) is 7. The number of carbonyl (C=O) groups excluding carboxylic acids is 1. The molecule has 4 aromatic rings. The molecule has 0 radical (unpaired) electrons. The Kier molecular flexibility index (Phi) is 6.72. The lowest BCUT2D eigenvalue weighted by Gasteiger charge is -2.11.